The lowest BCUT2D eigenvalue weighted by Gasteiger charge is -2.30. The molecule has 0 saturated carbocycles. The van der Waals surface area contributed by atoms with Crippen molar-refractivity contribution in [2.45, 2.75) is 31.8 Å². The maximum atomic E-state index is 10.4. The molecule has 0 spiro atoms. The van der Waals surface area contributed by atoms with Crippen LogP contribution >= 0.6 is 0 Å². The first-order valence-corrected chi connectivity index (χ1v) is 7.18. The molecule has 0 amide bonds. The van der Waals surface area contributed by atoms with E-state index in [0.717, 1.165) is 49.3 Å². The molecular weight excluding hydrogens is 254 g/mol. The lowest BCUT2D eigenvalue weighted by molar-refractivity contribution is -0.107. The summed E-state index contributed by atoms with van der Waals surface area (Å²) in [5, 5.41) is 0. The van der Waals surface area contributed by atoms with Gasteiger partial charge in [0.2, 0.25) is 0 Å². The summed E-state index contributed by atoms with van der Waals surface area (Å²) < 4.78 is 11.5. The van der Waals surface area contributed by atoms with Crippen LogP contribution < -0.4 is 9.47 Å². The second kappa shape index (κ2) is 7.29. The van der Waals surface area contributed by atoms with Gasteiger partial charge in [0.15, 0.2) is 11.5 Å². The number of likely N-dealkylation sites (N-methyl/N-ethyl adjacent to an activating group) is 1. The number of aryl methyl sites for hydroxylation is 1. The van der Waals surface area contributed by atoms with Crippen LogP contribution in [0.1, 0.15) is 24.8 Å². The summed E-state index contributed by atoms with van der Waals surface area (Å²) in [4.78, 5) is 12.7. The smallest absolute Gasteiger partial charge is 0.161 e. The minimum atomic E-state index is 0.225. The zero-order chi connectivity index (χ0) is 14.4. The van der Waals surface area contributed by atoms with Crippen LogP contribution in [0.5, 0.6) is 11.5 Å². The molecule has 4 nitrogen and oxygen atoms in total. The van der Waals surface area contributed by atoms with Crippen LogP contribution in [0.3, 0.4) is 0 Å². The molecule has 1 aliphatic heterocycles. The van der Waals surface area contributed by atoms with E-state index in [9.17, 15) is 4.79 Å². The summed E-state index contributed by atoms with van der Waals surface area (Å²) >= 11 is 0. The molecule has 4 heteroatoms. The Morgan fingerprint density at radius 2 is 2.25 bits per heavy atom. The number of aldehydes is 1. The number of piperidine rings is 1. The third-order valence-corrected chi connectivity index (χ3v) is 3.65. The molecule has 1 atom stereocenters. The van der Waals surface area contributed by atoms with Gasteiger partial charge in [0.1, 0.15) is 12.4 Å². The molecule has 2 rings (SSSR count). The molecule has 1 saturated heterocycles. The summed E-state index contributed by atoms with van der Waals surface area (Å²) in [6, 6.07) is 5.92. The van der Waals surface area contributed by atoms with Crippen molar-refractivity contribution in [2.75, 3.05) is 27.2 Å². The van der Waals surface area contributed by atoms with Gasteiger partial charge < -0.3 is 19.2 Å². The predicted molar refractivity (Wildman–Crippen MR) is 78.5 cm³/mol. The Labute approximate surface area is 120 Å². The highest BCUT2D eigenvalue weighted by Gasteiger charge is 2.20. The third kappa shape index (κ3) is 3.97. The average molecular weight is 277 g/mol. The lowest BCUT2D eigenvalue weighted by Crippen LogP contribution is -2.38. The Morgan fingerprint density at radius 3 is 2.95 bits per heavy atom. The van der Waals surface area contributed by atoms with Crippen LogP contribution in [0.25, 0.3) is 0 Å². The molecule has 1 heterocycles. The van der Waals surface area contributed by atoms with Crippen LogP contribution in [-0.2, 0) is 11.2 Å². The fourth-order valence-electron chi connectivity index (χ4n) is 2.59. The van der Waals surface area contributed by atoms with Gasteiger partial charge in [0, 0.05) is 13.0 Å². The molecule has 0 aromatic heterocycles. The first-order valence-electron chi connectivity index (χ1n) is 7.18. The highest BCUT2D eigenvalue weighted by atomic mass is 16.5. The minimum absolute atomic E-state index is 0.225. The lowest BCUT2D eigenvalue weighted by atomic mass is 10.1. The van der Waals surface area contributed by atoms with Crippen LogP contribution in [0, 0.1) is 0 Å². The summed E-state index contributed by atoms with van der Waals surface area (Å²) in [5.41, 5.74) is 1.10. The molecule has 1 aromatic rings. The average Bonchev–Trinajstić information content (AvgIpc) is 2.46. The fraction of sp³-hybridized carbons (Fsp3) is 0.562. The summed E-state index contributed by atoms with van der Waals surface area (Å²) in [5.74, 6) is 1.55. The number of methoxy groups -OCH3 is 1. The van der Waals surface area contributed by atoms with Crippen molar-refractivity contribution < 1.29 is 14.3 Å². The van der Waals surface area contributed by atoms with Gasteiger partial charge in [-0.1, -0.05) is 6.07 Å². The van der Waals surface area contributed by atoms with Crippen molar-refractivity contribution in [1.82, 2.24) is 4.90 Å². The van der Waals surface area contributed by atoms with Crippen LogP contribution in [-0.4, -0.2) is 44.5 Å². The van der Waals surface area contributed by atoms with Gasteiger partial charge in [0.05, 0.1) is 7.11 Å². The Kier molecular flexibility index (Phi) is 5.41. The van der Waals surface area contributed by atoms with E-state index in [1.54, 1.807) is 7.11 Å². The van der Waals surface area contributed by atoms with E-state index in [1.165, 1.54) is 6.42 Å². The van der Waals surface area contributed by atoms with E-state index in [-0.39, 0.29) is 6.10 Å². The third-order valence-electron chi connectivity index (χ3n) is 3.65. The second-order valence-corrected chi connectivity index (χ2v) is 5.33. The fourth-order valence-corrected chi connectivity index (χ4v) is 2.59. The molecule has 110 valence electrons. The van der Waals surface area contributed by atoms with Crippen molar-refractivity contribution in [3.05, 3.63) is 23.8 Å². The van der Waals surface area contributed by atoms with Crippen LogP contribution in [0.15, 0.2) is 18.2 Å². The van der Waals surface area contributed by atoms with E-state index in [2.05, 4.69) is 11.9 Å². The number of rotatable bonds is 6. The minimum Gasteiger partial charge on any atom is -0.493 e. The van der Waals surface area contributed by atoms with E-state index in [4.69, 9.17) is 9.47 Å². The predicted octanol–water partition coefficient (Wildman–Crippen LogP) is 2.30. The van der Waals surface area contributed by atoms with E-state index < -0.39 is 0 Å². The molecule has 1 fully saturated rings. The van der Waals surface area contributed by atoms with E-state index in [0.29, 0.717) is 6.42 Å². The standard InChI is InChI=1S/C16H23NO3/c1-17-9-3-6-14(12-17)20-15-8-7-13(5-4-10-18)11-16(15)19-2/h7-8,10-11,14H,3-6,9,12H2,1-2H3. The molecule has 0 N–H and O–H groups in total. The molecule has 20 heavy (non-hydrogen) atoms. The summed E-state index contributed by atoms with van der Waals surface area (Å²) in [6.07, 6.45) is 4.70. The van der Waals surface area contributed by atoms with E-state index in [1.807, 2.05) is 18.2 Å². The zero-order valence-electron chi connectivity index (χ0n) is 12.3. The Hall–Kier alpha value is -1.55. The number of carbonyl (C=O) groups is 1. The first kappa shape index (κ1) is 14.9. The molecule has 0 aliphatic carbocycles. The number of nitrogens with zero attached hydrogens (tertiary/aromatic N) is 1. The Balaban J connectivity index is 2.04. The zero-order valence-corrected chi connectivity index (χ0v) is 12.3. The van der Waals surface area contributed by atoms with Crippen LogP contribution in [0.2, 0.25) is 0 Å². The topological polar surface area (TPSA) is 38.8 Å². The highest BCUT2D eigenvalue weighted by Crippen LogP contribution is 2.30. The van der Waals surface area contributed by atoms with Crippen molar-refractivity contribution in [2.24, 2.45) is 0 Å². The van der Waals surface area contributed by atoms with Crippen molar-refractivity contribution in [3.8, 4) is 11.5 Å². The molecule has 0 bridgehead atoms. The molecular formula is C16H23NO3. The number of likely N-dealkylation sites (tertiary alicyclic amines) is 1. The summed E-state index contributed by atoms with van der Waals surface area (Å²) in [6.45, 7) is 2.09. The second-order valence-electron chi connectivity index (χ2n) is 5.33. The quantitative estimate of drug-likeness (QED) is 0.748. The number of carbonyl (C=O) groups excluding carboxylic acids is 1. The molecule has 0 radical (unpaired) electrons. The first-order chi connectivity index (χ1) is 9.72. The van der Waals surface area contributed by atoms with Gasteiger partial charge in [-0.15, -0.1) is 0 Å². The molecule has 1 aromatic carbocycles. The Morgan fingerprint density at radius 1 is 1.40 bits per heavy atom. The van der Waals surface area contributed by atoms with Gasteiger partial charge >= 0.3 is 0 Å². The normalized spacial score (nSPS) is 19.6. The SMILES string of the molecule is COc1cc(CCC=O)ccc1OC1CCCN(C)C1. The summed E-state index contributed by atoms with van der Waals surface area (Å²) in [7, 11) is 3.77. The highest BCUT2D eigenvalue weighted by molar-refractivity contribution is 5.51. The van der Waals surface area contributed by atoms with Gasteiger partial charge in [-0.05, 0) is 50.6 Å². The molecule has 1 unspecified atom stereocenters. The molecule has 1 aliphatic rings. The maximum Gasteiger partial charge on any atom is 0.161 e. The van der Waals surface area contributed by atoms with Gasteiger partial charge in [-0.2, -0.15) is 0 Å². The largest absolute Gasteiger partial charge is 0.493 e. The van der Waals surface area contributed by atoms with E-state index >= 15 is 0 Å². The van der Waals surface area contributed by atoms with Crippen molar-refractivity contribution >= 4 is 6.29 Å². The number of hydrogen-bond donors (Lipinski definition) is 0. The van der Waals surface area contributed by atoms with Gasteiger partial charge in [0.25, 0.3) is 0 Å². The number of ether oxygens (including phenoxy) is 2. The monoisotopic (exact) mass is 277 g/mol. The van der Waals surface area contributed by atoms with Gasteiger partial charge in [-0.3, -0.25) is 0 Å². The van der Waals surface area contributed by atoms with Gasteiger partial charge in [-0.25, -0.2) is 0 Å². The number of benzene rings is 1. The van der Waals surface area contributed by atoms with Crippen LogP contribution in [0.4, 0.5) is 0 Å². The van der Waals surface area contributed by atoms with Crippen molar-refractivity contribution in [3.63, 3.8) is 0 Å². The number of hydrogen-bond acceptors (Lipinski definition) is 4. The Bertz CT molecular complexity index is 447. The van der Waals surface area contributed by atoms with Crippen molar-refractivity contribution in [1.29, 1.82) is 0 Å². The maximum absolute atomic E-state index is 10.4.